The zero-order valence-corrected chi connectivity index (χ0v) is 13.7. The number of carbonyl (C=O) groups is 1. The van der Waals surface area contributed by atoms with Crippen molar-refractivity contribution in [2.24, 2.45) is 0 Å². The van der Waals surface area contributed by atoms with Crippen LogP contribution in [0.5, 0.6) is 0 Å². The lowest BCUT2D eigenvalue weighted by atomic mass is 9.96. The van der Waals surface area contributed by atoms with Crippen molar-refractivity contribution in [1.82, 2.24) is 9.44 Å². The summed E-state index contributed by atoms with van der Waals surface area (Å²) in [5.41, 5.74) is -0.366. The molecule has 0 saturated carbocycles. The number of nitrogens with one attached hydrogen (secondary N) is 2. The maximum atomic E-state index is 12.0. The summed E-state index contributed by atoms with van der Waals surface area (Å²) >= 11 is 5.90. The van der Waals surface area contributed by atoms with E-state index in [9.17, 15) is 13.2 Å². The molecule has 2 N–H and O–H groups in total. The van der Waals surface area contributed by atoms with Crippen LogP contribution in [0.4, 0.5) is 4.79 Å². The molecule has 1 aromatic carbocycles. The maximum absolute atomic E-state index is 12.0. The highest BCUT2D eigenvalue weighted by Gasteiger charge is 2.32. The van der Waals surface area contributed by atoms with Crippen molar-refractivity contribution >= 4 is 27.9 Å². The predicted octanol–water partition coefficient (Wildman–Crippen LogP) is 2.11. The van der Waals surface area contributed by atoms with Crippen LogP contribution in [0, 0.1) is 0 Å². The van der Waals surface area contributed by atoms with Gasteiger partial charge in [-0.05, 0) is 26.3 Å². The van der Waals surface area contributed by atoms with Gasteiger partial charge >= 0.3 is 16.3 Å². The highest BCUT2D eigenvalue weighted by Crippen LogP contribution is 2.22. The Morgan fingerprint density at radius 3 is 2.38 bits per heavy atom. The van der Waals surface area contributed by atoms with Crippen molar-refractivity contribution in [3.8, 4) is 0 Å². The Morgan fingerprint density at radius 2 is 1.90 bits per heavy atom. The zero-order chi connectivity index (χ0) is 16.1. The minimum Gasteiger partial charge on any atom is -0.446 e. The Bertz CT molecular complexity index is 577. The lowest BCUT2D eigenvalue weighted by Crippen LogP contribution is -2.51. The fourth-order valence-electron chi connectivity index (χ4n) is 1.64. The van der Waals surface area contributed by atoms with Gasteiger partial charge in [0.2, 0.25) is 0 Å². The van der Waals surface area contributed by atoms with Crippen molar-refractivity contribution in [3.05, 3.63) is 35.9 Å². The Morgan fingerprint density at radius 1 is 1.33 bits per heavy atom. The van der Waals surface area contributed by atoms with E-state index in [0.29, 0.717) is 5.56 Å². The number of alkyl halides is 1. The second kappa shape index (κ2) is 7.11. The first kappa shape index (κ1) is 17.7. The van der Waals surface area contributed by atoms with E-state index in [1.54, 1.807) is 49.8 Å². The second-order valence-electron chi connectivity index (χ2n) is 4.99. The summed E-state index contributed by atoms with van der Waals surface area (Å²) in [6, 6.07) is 8.85. The fourth-order valence-corrected chi connectivity index (χ4v) is 3.04. The molecule has 1 rings (SSSR count). The number of hydrogen-bond acceptors (Lipinski definition) is 4. The maximum Gasteiger partial charge on any atom is 0.422 e. The number of halogens is 1. The van der Waals surface area contributed by atoms with Crippen LogP contribution in [0.1, 0.15) is 26.3 Å². The van der Waals surface area contributed by atoms with Gasteiger partial charge in [0.25, 0.3) is 0 Å². The summed E-state index contributed by atoms with van der Waals surface area (Å²) < 4.78 is 32.9. The molecule has 21 heavy (non-hydrogen) atoms. The summed E-state index contributed by atoms with van der Waals surface area (Å²) in [6.07, 6.45) is -1.46. The van der Waals surface area contributed by atoms with Crippen LogP contribution in [-0.2, 0) is 20.5 Å². The van der Waals surface area contributed by atoms with Gasteiger partial charge in [-0.1, -0.05) is 30.3 Å². The SMILES string of the molecule is CC(C)OC(=O)NS(=O)(=O)NC(C)(CCl)c1ccccc1. The standard InChI is InChI=1S/C13H19ClN2O4S/c1-10(2)20-12(17)15-21(18,19)16-13(3,9-14)11-7-5-4-6-8-11/h4-8,10,16H,9H2,1-3H3,(H,15,17). The summed E-state index contributed by atoms with van der Waals surface area (Å²) in [5.74, 6) is -0.00283. The Hall–Kier alpha value is -1.31. The average molecular weight is 335 g/mol. The van der Waals surface area contributed by atoms with Gasteiger partial charge in [0.05, 0.1) is 11.6 Å². The van der Waals surface area contributed by atoms with Crippen molar-refractivity contribution in [2.75, 3.05) is 5.88 Å². The number of rotatable bonds is 6. The minimum absolute atomic E-state index is 0.00283. The number of benzene rings is 1. The quantitative estimate of drug-likeness (QED) is 0.780. The largest absolute Gasteiger partial charge is 0.446 e. The van der Waals surface area contributed by atoms with E-state index in [2.05, 4.69) is 4.72 Å². The Labute approximate surface area is 130 Å². The van der Waals surface area contributed by atoms with E-state index in [1.165, 1.54) is 0 Å². The van der Waals surface area contributed by atoms with E-state index in [4.69, 9.17) is 16.3 Å². The number of carbonyl (C=O) groups excluding carboxylic acids is 1. The molecule has 8 heteroatoms. The Kier molecular flexibility index (Phi) is 6.00. The Balaban J connectivity index is 2.88. The molecule has 0 saturated heterocycles. The third kappa shape index (κ3) is 5.53. The number of hydrogen-bond donors (Lipinski definition) is 2. The molecule has 1 aromatic rings. The van der Waals surface area contributed by atoms with Gasteiger partial charge in [0.1, 0.15) is 0 Å². The van der Waals surface area contributed by atoms with Gasteiger partial charge in [0, 0.05) is 5.88 Å². The molecule has 6 nitrogen and oxygen atoms in total. The number of amides is 1. The molecule has 0 fully saturated rings. The molecule has 1 unspecified atom stereocenters. The molecule has 0 bridgehead atoms. The minimum atomic E-state index is -4.10. The highest BCUT2D eigenvalue weighted by atomic mass is 35.5. The van der Waals surface area contributed by atoms with Crippen molar-refractivity contribution in [1.29, 1.82) is 0 Å². The van der Waals surface area contributed by atoms with Gasteiger partial charge in [-0.2, -0.15) is 13.1 Å². The van der Waals surface area contributed by atoms with E-state index < -0.39 is 27.9 Å². The van der Waals surface area contributed by atoms with Crippen molar-refractivity contribution in [3.63, 3.8) is 0 Å². The second-order valence-corrected chi connectivity index (χ2v) is 6.68. The molecule has 0 spiro atoms. The normalized spacial score (nSPS) is 14.5. The van der Waals surface area contributed by atoms with E-state index in [-0.39, 0.29) is 5.88 Å². The van der Waals surface area contributed by atoms with Crippen LogP contribution < -0.4 is 9.44 Å². The molecule has 0 aliphatic heterocycles. The van der Waals surface area contributed by atoms with Crippen LogP contribution in [0.2, 0.25) is 0 Å². The molecule has 0 radical (unpaired) electrons. The van der Waals surface area contributed by atoms with E-state index in [1.807, 2.05) is 6.07 Å². The average Bonchev–Trinajstić information content (AvgIpc) is 2.37. The van der Waals surface area contributed by atoms with Crippen LogP contribution in [0.25, 0.3) is 0 Å². The van der Waals surface area contributed by atoms with Crippen LogP contribution in [0.3, 0.4) is 0 Å². The first-order valence-electron chi connectivity index (χ1n) is 6.32. The molecule has 0 aliphatic carbocycles. The highest BCUT2D eigenvalue weighted by molar-refractivity contribution is 7.88. The summed E-state index contributed by atoms with van der Waals surface area (Å²) in [4.78, 5) is 11.4. The molecule has 0 aromatic heterocycles. The van der Waals surface area contributed by atoms with Gasteiger partial charge in [0.15, 0.2) is 0 Å². The molecular weight excluding hydrogens is 316 g/mol. The van der Waals surface area contributed by atoms with E-state index in [0.717, 1.165) is 0 Å². The lowest BCUT2D eigenvalue weighted by molar-refractivity contribution is 0.121. The van der Waals surface area contributed by atoms with Gasteiger partial charge in [-0.3, -0.25) is 0 Å². The van der Waals surface area contributed by atoms with Crippen LogP contribution in [0.15, 0.2) is 30.3 Å². The van der Waals surface area contributed by atoms with Crippen molar-refractivity contribution < 1.29 is 17.9 Å². The third-order valence-corrected chi connectivity index (χ3v) is 4.29. The first-order chi connectivity index (χ1) is 9.68. The summed E-state index contributed by atoms with van der Waals surface area (Å²) in [5, 5.41) is 0. The van der Waals surface area contributed by atoms with Crippen molar-refractivity contribution in [2.45, 2.75) is 32.4 Å². The van der Waals surface area contributed by atoms with Crippen LogP contribution >= 0.6 is 11.6 Å². The van der Waals surface area contributed by atoms with Gasteiger partial charge in [-0.15, -0.1) is 11.6 Å². The molecule has 0 heterocycles. The third-order valence-electron chi connectivity index (χ3n) is 2.60. The monoisotopic (exact) mass is 334 g/mol. The topological polar surface area (TPSA) is 84.5 Å². The fraction of sp³-hybridized carbons (Fsp3) is 0.462. The van der Waals surface area contributed by atoms with Gasteiger partial charge in [-0.25, -0.2) is 9.52 Å². The zero-order valence-electron chi connectivity index (χ0n) is 12.1. The summed E-state index contributed by atoms with van der Waals surface area (Å²) in [6.45, 7) is 4.86. The number of ether oxygens (including phenoxy) is 1. The molecule has 1 amide bonds. The lowest BCUT2D eigenvalue weighted by Gasteiger charge is -2.28. The molecule has 118 valence electrons. The summed E-state index contributed by atoms with van der Waals surface area (Å²) in [7, 11) is -4.10. The predicted molar refractivity (Wildman–Crippen MR) is 81.3 cm³/mol. The molecule has 1 atom stereocenters. The van der Waals surface area contributed by atoms with Crippen LogP contribution in [-0.4, -0.2) is 26.5 Å². The smallest absolute Gasteiger partial charge is 0.422 e. The molecular formula is C13H19ClN2O4S. The molecule has 0 aliphatic rings. The van der Waals surface area contributed by atoms with E-state index >= 15 is 0 Å². The van der Waals surface area contributed by atoms with Gasteiger partial charge < -0.3 is 4.74 Å². The first-order valence-corrected chi connectivity index (χ1v) is 8.34.